The van der Waals surface area contributed by atoms with Crippen LogP contribution in [0.25, 0.3) is 5.76 Å². The summed E-state index contributed by atoms with van der Waals surface area (Å²) in [5.41, 5.74) is 0.865. The van der Waals surface area contributed by atoms with E-state index in [-0.39, 0.29) is 5.76 Å². The first kappa shape index (κ1) is 11.0. The molecule has 0 aliphatic rings. The van der Waals surface area contributed by atoms with Crippen LogP contribution in [0.5, 0.6) is 0 Å². The maximum atomic E-state index is 10.7. The van der Waals surface area contributed by atoms with Crippen molar-refractivity contribution in [1.82, 2.24) is 0 Å². The van der Waals surface area contributed by atoms with Gasteiger partial charge in [-0.15, -0.1) is 0 Å². The van der Waals surface area contributed by atoms with Crippen molar-refractivity contribution in [3.63, 3.8) is 0 Å². The molecule has 0 heterocycles. The second kappa shape index (κ2) is 4.95. The summed E-state index contributed by atoms with van der Waals surface area (Å²) in [6.45, 7) is 0. The number of carbonyl (C=O) groups excluding carboxylic acids is 1. The lowest BCUT2D eigenvalue weighted by molar-refractivity contribution is -0.131. The molecule has 0 amide bonds. The van der Waals surface area contributed by atoms with Gasteiger partial charge in [0.1, 0.15) is 5.76 Å². The summed E-state index contributed by atoms with van der Waals surface area (Å²) >= 11 is 0. The predicted molar refractivity (Wildman–Crippen MR) is 54.5 cm³/mol. The smallest absolute Gasteiger partial charge is 0.332 e. The topological polar surface area (TPSA) is 63.6 Å². The molecule has 4 heteroatoms. The number of carboxylic acids is 1. The van der Waals surface area contributed by atoms with E-state index in [9.17, 15) is 9.59 Å². The summed E-state index contributed by atoms with van der Waals surface area (Å²) in [5, 5.41) is 8.60. The molecule has 78 valence electrons. The van der Waals surface area contributed by atoms with Gasteiger partial charge >= 0.3 is 5.97 Å². The third kappa shape index (κ3) is 2.67. The highest BCUT2D eigenvalue weighted by molar-refractivity contribution is 5.92. The number of ether oxygens (including phenoxy) is 1. The van der Waals surface area contributed by atoms with E-state index in [1.807, 2.05) is 0 Å². The van der Waals surface area contributed by atoms with Crippen molar-refractivity contribution in [3.05, 3.63) is 41.5 Å². The number of benzene rings is 1. The van der Waals surface area contributed by atoms with Gasteiger partial charge in [0.25, 0.3) is 0 Å². The van der Waals surface area contributed by atoms with Crippen molar-refractivity contribution in [3.8, 4) is 0 Å². The van der Waals surface area contributed by atoms with Crippen LogP contribution < -0.4 is 0 Å². The van der Waals surface area contributed by atoms with Crippen molar-refractivity contribution in [2.45, 2.75) is 0 Å². The van der Waals surface area contributed by atoms with Crippen LogP contribution in [0.3, 0.4) is 0 Å². The van der Waals surface area contributed by atoms with Crippen LogP contribution in [-0.2, 0) is 9.53 Å². The molecule has 0 fully saturated rings. The summed E-state index contributed by atoms with van der Waals surface area (Å²) in [7, 11) is 1.36. The van der Waals surface area contributed by atoms with E-state index in [0.29, 0.717) is 17.4 Å². The number of aldehydes is 1. The maximum absolute atomic E-state index is 10.7. The Hall–Kier alpha value is -2.10. The van der Waals surface area contributed by atoms with Crippen LogP contribution >= 0.6 is 0 Å². The Morgan fingerprint density at radius 2 is 2.07 bits per heavy atom. The Balaban J connectivity index is 3.23. The van der Waals surface area contributed by atoms with Crippen molar-refractivity contribution in [2.24, 2.45) is 0 Å². The zero-order valence-electron chi connectivity index (χ0n) is 8.14. The van der Waals surface area contributed by atoms with Crippen LogP contribution in [0.2, 0.25) is 0 Å². The zero-order chi connectivity index (χ0) is 11.3. The van der Waals surface area contributed by atoms with Gasteiger partial charge < -0.3 is 9.84 Å². The molecule has 0 aliphatic heterocycles. The second-order valence-corrected chi connectivity index (χ2v) is 2.76. The lowest BCUT2D eigenvalue weighted by Crippen LogP contribution is -1.97. The summed E-state index contributed by atoms with van der Waals surface area (Å²) in [4.78, 5) is 21.2. The molecule has 0 aliphatic carbocycles. The highest BCUT2D eigenvalue weighted by Crippen LogP contribution is 2.18. The molecule has 0 atom stereocenters. The third-order valence-electron chi connectivity index (χ3n) is 1.83. The molecule has 15 heavy (non-hydrogen) atoms. The van der Waals surface area contributed by atoms with Gasteiger partial charge in [-0.05, 0) is 0 Å². The summed E-state index contributed by atoms with van der Waals surface area (Å²) < 4.78 is 4.91. The Bertz CT molecular complexity index is 407. The van der Waals surface area contributed by atoms with Crippen LogP contribution in [0.1, 0.15) is 15.9 Å². The summed E-state index contributed by atoms with van der Waals surface area (Å²) in [5.74, 6) is -0.960. The van der Waals surface area contributed by atoms with Crippen LogP contribution in [0, 0.1) is 0 Å². The van der Waals surface area contributed by atoms with Gasteiger partial charge in [0.05, 0.1) is 13.2 Å². The Morgan fingerprint density at radius 1 is 1.40 bits per heavy atom. The summed E-state index contributed by atoms with van der Waals surface area (Å²) in [6, 6.07) is 6.62. The van der Waals surface area contributed by atoms with Gasteiger partial charge in [0.2, 0.25) is 0 Å². The molecule has 0 spiro atoms. The second-order valence-electron chi connectivity index (χ2n) is 2.76. The number of methoxy groups -OCH3 is 1. The molecule has 1 aromatic rings. The lowest BCUT2D eigenvalue weighted by Gasteiger charge is -2.07. The quantitative estimate of drug-likeness (QED) is 0.461. The van der Waals surface area contributed by atoms with Crippen LogP contribution in [-0.4, -0.2) is 24.5 Å². The van der Waals surface area contributed by atoms with Crippen molar-refractivity contribution >= 4 is 18.0 Å². The SMILES string of the molecule is CO/C(=C\C(=O)O)c1ccccc1C=O. The maximum Gasteiger partial charge on any atom is 0.332 e. The van der Waals surface area contributed by atoms with E-state index in [1.54, 1.807) is 24.3 Å². The van der Waals surface area contributed by atoms with E-state index in [1.165, 1.54) is 7.11 Å². The average molecular weight is 206 g/mol. The van der Waals surface area contributed by atoms with Gasteiger partial charge in [-0.2, -0.15) is 0 Å². The van der Waals surface area contributed by atoms with E-state index >= 15 is 0 Å². The van der Waals surface area contributed by atoms with Crippen LogP contribution in [0.15, 0.2) is 30.3 Å². The predicted octanol–water partition coefficient (Wildman–Crippen LogP) is 1.57. The molecule has 1 rings (SSSR count). The molecule has 1 aromatic carbocycles. The molecule has 0 bridgehead atoms. The molecule has 0 aromatic heterocycles. The van der Waals surface area contributed by atoms with Crippen molar-refractivity contribution in [2.75, 3.05) is 7.11 Å². The minimum atomic E-state index is -1.12. The van der Waals surface area contributed by atoms with E-state index in [0.717, 1.165) is 6.08 Å². The Morgan fingerprint density at radius 3 is 2.60 bits per heavy atom. The fraction of sp³-hybridized carbons (Fsp3) is 0.0909. The molecular formula is C11H10O4. The number of hydrogen-bond acceptors (Lipinski definition) is 3. The van der Waals surface area contributed by atoms with E-state index in [4.69, 9.17) is 9.84 Å². The lowest BCUT2D eigenvalue weighted by atomic mass is 10.1. The zero-order valence-corrected chi connectivity index (χ0v) is 8.14. The highest BCUT2D eigenvalue weighted by Gasteiger charge is 2.08. The molecule has 4 nitrogen and oxygen atoms in total. The normalized spacial score (nSPS) is 10.9. The third-order valence-corrected chi connectivity index (χ3v) is 1.83. The van der Waals surface area contributed by atoms with Crippen LogP contribution in [0.4, 0.5) is 0 Å². The fourth-order valence-corrected chi connectivity index (χ4v) is 1.18. The van der Waals surface area contributed by atoms with E-state index < -0.39 is 5.97 Å². The average Bonchev–Trinajstić information content (AvgIpc) is 2.25. The van der Waals surface area contributed by atoms with Gasteiger partial charge in [-0.1, -0.05) is 24.3 Å². The number of aliphatic carboxylic acids is 1. The van der Waals surface area contributed by atoms with E-state index in [2.05, 4.69) is 0 Å². The molecule has 0 saturated carbocycles. The van der Waals surface area contributed by atoms with Gasteiger partial charge in [-0.25, -0.2) is 4.79 Å². The number of carboxylic acid groups (broad SMARTS) is 1. The first-order chi connectivity index (χ1) is 7.19. The Labute approximate surface area is 86.8 Å². The molecule has 0 radical (unpaired) electrons. The van der Waals surface area contributed by atoms with Gasteiger partial charge in [0.15, 0.2) is 6.29 Å². The minimum Gasteiger partial charge on any atom is -0.496 e. The van der Waals surface area contributed by atoms with Crippen molar-refractivity contribution in [1.29, 1.82) is 0 Å². The van der Waals surface area contributed by atoms with Crippen molar-refractivity contribution < 1.29 is 19.4 Å². The summed E-state index contributed by atoms with van der Waals surface area (Å²) in [6.07, 6.45) is 1.58. The Kier molecular flexibility index (Phi) is 3.62. The molecule has 1 N–H and O–H groups in total. The highest BCUT2D eigenvalue weighted by atomic mass is 16.5. The first-order valence-electron chi connectivity index (χ1n) is 4.22. The van der Waals surface area contributed by atoms with Gasteiger partial charge in [0, 0.05) is 11.1 Å². The number of hydrogen-bond donors (Lipinski definition) is 1. The molecular weight excluding hydrogens is 196 g/mol. The minimum absolute atomic E-state index is 0.158. The van der Waals surface area contributed by atoms with Gasteiger partial charge in [-0.3, -0.25) is 4.79 Å². The molecule has 0 saturated heterocycles. The number of rotatable bonds is 4. The largest absolute Gasteiger partial charge is 0.496 e. The monoisotopic (exact) mass is 206 g/mol. The standard InChI is InChI=1S/C11H10O4/c1-15-10(6-11(13)14)9-5-3-2-4-8(9)7-12/h2-7H,1H3,(H,13,14)/b10-6-. The fourth-order valence-electron chi connectivity index (χ4n) is 1.18. The number of carbonyl (C=O) groups is 2. The first-order valence-corrected chi connectivity index (χ1v) is 4.22. The molecule has 0 unspecified atom stereocenters.